The number of aliphatic hydroxyl groups is 1. The molecule has 1 aromatic carbocycles. The lowest BCUT2D eigenvalue weighted by molar-refractivity contribution is 0.253. The molecule has 1 aliphatic heterocycles. The molecule has 1 fully saturated rings. The zero-order valence-electron chi connectivity index (χ0n) is 9.97. The van der Waals surface area contributed by atoms with Crippen LogP contribution in [0.1, 0.15) is 12.5 Å². The first kappa shape index (κ1) is 12.9. The highest BCUT2D eigenvalue weighted by Gasteiger charge is 2.19. The fraction of sp³-hybridized carbons (Fsp3) is 0.385. The molecular formula is C13H16O2S2. The molecule has 1 saturated heterocycles. The van der Waals surface area contributed by atoms with Crippen LogP contribution in [0.5, 0.6) is 5.75 Å². The maximum Gasteiger partial charge on any atom is 0.118 e. The number of methoxy groups -OCH3 is 1. The van der Waals surface area contributed by atoms with E-state index in [0.717, 1.165) is 28.4 Å². The van der Waals surface area contributed by atoms with Crippen LogP contribution in [0, 0.1) is 0 Å². The fourth-order valence-electron chi connectivity index (χ4n) is 1.77. The topological polar surface area (TPSA) is 29.5 Å². The lowest BCUT2D eigenvalue weighted by Crippen LogP contribution is -2.04. The second-order valence-electron chi connectivity index (χ2n) is 3.80. The first-order valence-electron chi connectivity index (χ1n) is 5.54. The van der Waals surface area contributed by atoms with Crippen LogP contribution >= 0.6 is 23.5 Å². The predicted octanol–water partition coefficient (Wildman–Crippen LogP) is 3.22. The second-order valence-corrected chi connectivity index (χ2v) is 6.27. The quantitative estimate of drug-likeness (QED) is 0.911. The van der Waals surface area contributed by atoms with Crippen molar-refractivity contribution in [2.45, 2.75) is 13.0 Å². The van der Waals surface area contributed by atoms with Gasteiger partial charge < -0.3 is 9.84 Å². The van der Waals surface area contributed by atoms with Crippen LogP contribution in [0.4, 0.5) is 0 Å². The molecule has 2 nitrogen and oxygen atoms in total. The smallest absolute Gasteiger partial charge is 0.118 e. The fourth-order valence-corrected chi connectivity index (χ4v) is 4.52. The molecule has 1 atom stereocenters. The summed E-state index contributed by atoms with van der Waals surface area (Å²) in [6, 6.07) is 7.88. The van der Waals surface area contributed by atoms with E-state index >= 15 is 0 Å². The first-order chi connectivity index (χ1) is 8.22. The van der Waals surface area contributed by atoms with Gasteiger partial charge in [0.2, 0.25) is 0 Å². The summed E-state index contributed by atoms with van der Waals surface area (Å²) >= 11 is 3.67. The van der Waals surface area contributed by atoms with Crippen molar-refractivity contribution in [2.24, 2.45) is 0 Å². The van der Waals surface area contributed by atoms with E-state index in [4.69, 9.17) is 4.74 Å². The number of hydrogen-bond donors (Lipinski definition) is 1. The van der Waals surface area contributed by atoms with Gasteiger partial charge in [-0.15, -0.1) is 23.5 Å². The van der Waals surface area contributed by atoms with E-state index in [2.05, 4.69) is 0 Å². The standard InChI is InChI=1S/C13H16O2S2/c1-9(14)12(13-16-7-8-17-13)10-3-5-11(15-2)6-4-10/h3-6,9,14H,7-8H2,1-2H3. The highest BCUT2D eigenvalue weighted by atomic mass is 32.2. The molecule has 0 saturated carbocycles. The number of hydrogen-bond acceptors (Lipinski definition) is 4. The molecule has 17 heavy (non-hydrogen) atoms. The molecule has 0 spiro atoms. The summed E-state index contributed by atoms with van der Waals surface area (Å²) in [5.74, 6) is 3.11. The minimum Gasteiger partial charge on any atom is -0.497 e. The molecule has 1 heterocycles. The van der Waals surface area contributed by atoms with Crippen molar-refractivity contribution in [1.29, 1.82) is 0 Å². The Morgan fingerprint density at radius 2 is 1.82 bits per heavy atom. The molecule has 1 aromatic rings. The Hall–Kier alpha value is -0.580. The molecule has 1 N–H and O–H groups in total. The second kappa shape index (κ2) is 5.85. The van der Waals surface area contributed by atoms with Crippen molar-refractivity contribution in [3.63, 3.8) is 0 Å². The zero-order chi connectivity index (χ0) is 12.3. The van der Waals surface area contributed by atoms with E-state index in [1.807, 2.05) is 54.7 Å². The lowest BCUT2D eigenvalue weighted by atomic mass is 10.0. The molecule has 0 bridgehead atoms. The van der Waals surface area contributed by atoms with Crippen molar-refractivity contribution in [2.75, 3.05) is 18.6 Å². The van der Waals surface area contributed by atoms with E-state index in [-0.39, 0.29) is 0 Å². The van der Waals surface area contributed by atoms with Crippen LogP contribution < -0.4 is 4.74 Å². The average Bonchev–Trinajstić information content (AvgIpc) is 2.83. The van der Waals surface area contributed by atoms with Crippen molar-refractivity contribution in [1.82, 2.24) is 0 Å². The van der Waals surface area contributed by atoms with Crippen LogP contribution in [0.25, 0.3) is 5.57 Å². The van der Waals surface area contributed by atoms with Crippen LogP contribution in [0.15, 0.2) is 28.5 Å². The highest BCUT2D eigenvalue weighted by molar-refractivity contribution is 8.25. The predicted molar refractivity (Wildman–Crippen MR) is 76.5 cm³/mol. The summed E-state index contributed by atoms with van der Waals surface area (Å²) < 4.78 is 6.40. The molecule has 2 rings (SSSR count). The van der Waals surface area contributed by atoms with Gasteiger partial charge in [-0.2, -0.15) is 0 Å². The third-order valence-electron chi connectivity index (χ3n) is 2.59. The van der Waals surface area contributed by atoms with Gasteiger partial charge in [-0.3, -0.25) is 0 Å². The SMILES string of the molecule is COc1ccc(C(=C2SCCS2)C(C)O)cc1. The van der Waals surface area contributed by atoms with Gasteiger partial charge in [0, 0.05) is 21.3 Å². The summed E-state index contributed by atoms with van der Waals surface area (Å²) in [4.78, 5) is 0. The van der Waals surface area contributed by atoms with Crippen molar-refractivity contribution >= 4 is 29.1 Å². The Morgan fingerprint density at radius 1 is 1.24 bits per heavy atom. The number of benzene rings is 1. The van der Waals surface area contributed by atoms with Crippen LogP contribution in [-0.4, -0.2) is 29.8 Å². The van der Waals surface area contributed by atoms with Gasteiger partial charge in [0.15, 0.2) is 0 Å². The summed E-state index contributed by atoms with van der Waals surface area (Å²) in [7, 11) is 1.66. The van der Waals surface area contributed by atoms with Gasteiger partial charge in [-0.1, -0.05) is 12.1 Å². The molecule has 0 aliphatic carbocycles. The first-order valence-corrected chi connectivity index (χ1v) is 7.51. The molecule has 4 heteroatoms. The molecule has 1 aliphatic rings. The van der Waals surface area contributed by atoms with Gasteiger partial charge in [-0.25, -0.2) is 0 Å². The summed E-state index contributed by atoms with van der Waals surface area (Å²) in [5.41, 5.74) is 2.12. The van der Waals surface area contributed by atoms with Crippen molar-refractivity contribution < 1.29 is 9.84 Å². The molecular weight excluding hydrogens is 252 g/mol. The normalized spacial score (nSPS) is 17.0. The molecule has 1 unspecified atom stereocenters. The highest BCUT2D eigenvalue weighted by Crippen LogP contribution is 2.43. The number of rotatable bonds is 3. The largest absolute Gasteiger partial charge is 0.497 e. The molecule has 0 aromatic heterocycles. The Kier molecular flexibility index (Phi) is 4.42. The third kappa shape index (κ3) is 3.00. The van der Waals surface area contributed by atoms with Crippen molar-refractivity contribution in [3.05, 3.63) is 34.1 Å². The molecule has 0 radical (unpaired) electrons. The monoisotopic (exact) mass is 268 g/mol. The van der Waals surface area contributed by atoms with Gasteiger partial charge in [0.05, 0.1) is 13.2 Å². The third-order valence-corrected chi connectivity index (χ3v) is 5.33. The number of ether oxygens (including phenoxy) is 1. The number of thioether (sulfide) groups is 2. The molecule has 92 valence electrons. The van der Waals surface area contributed by atoms with Gasteiger partial charge >= 0.3 is 0 Å². The Morgan fingerprint density at radius 3 is 2.29 bits per heavy atom. The Labute approximate surface area is 110 Å². The van der Waals surface area contributed by atoms with Crippen LogP contribution in [0.2, 0.25) is 0 Å². The van der Waals surface area contributed by atoms with Gasteiger partial charge in [-0.05, 0) is 24.6 Å². The average molecular weight is 268 g/mol. The van der Waals surface area contributed by atoms with E-state index in [1.165, 1.54) is 4.24 Å². The Balaban J connectivity index is 2.35. The summed E-state index contributed by atoms with van der Waals surface area (Å²) in [6.07, 6.45) is -0.434. The molecule has 0 amide bonds. The van der Waals surface area contributed by atoms with E-state index < -0.39 is 6.10 Å². The minimum atomic E-state index is -0.434. The zero-order valence-corrected chi connectivity index (χ0v) is 11.6. The summed E-state index contributed by atoms with van der Waals surface area (Å²) in [5, 5.41) is 9.94. The van der Waals surface area contributed by atoms with E-state index in [0.29, 0.717) is 0 Å². The maximum atomic E-state index is 9.94. The van der Waals surface area contributed by atoms with Crippen molar-refractivity contribution in [3.8, 4) is 5.75 Å². The van der Waals surface area contributed by atoms with E-state index in [1.54, 1.807) is 7.11 Å². The van der Waals surface area contributed by atoms with Crippen LogP contribution in [0.3, 0.4) is 0 Å². The van der Waals surface area contributed by atoms with Gasteiger partial charge in [0.25, 0.3) is 0 Å². The lowest BCUT2D eigenvalue weighted by Gasteiger charge is -2.14. The van der Waals surface area contributed by atoms with Crippen LogP contribution in [-0.2, 0) is 0 Å². The minimum absolute atomic E-state index is 0.434. The van der Waals surface area contributed by atoms with Gasteiger partial charge in [0.1, 0.15) is 5.75 Å². The van der Waals surface area contributed by atoms with E-state index in [9.17, 15) is 5.11 Å². The number of aliphatic hydroxyl groups excluding tert-OH is 1. The Bertz CT molecular complexity index is 402. The summed E-state index contributed by atoms with van der Waals surface area (Å²) in [6.45, 7) is 1.83. The maximum absolute atomic E-state index is 9.94.